The molecule has 2 rings (SSSR count). The Morgan fingerprint density at radius 1 is 1.17 bits per heavy atom. The van der Waals surface area contributed by atoms with Gasteiger partial charge in [-0.1, -0.05) is 30.3 Å². The Bertz CT molecular complexity index is 644. The minimum atomic E-state index is 0.404. The number of guanidine groups is 1. The summed E-state index contributed by atoms with van der Waals surface area (Å²) < 4.78 is 5.79. The molecule has 0 aliphatic rings. The summed E-state index contributed by atoms with van der Waals surface area (Å²) in [7, 11) is 0. The van der Waals surface area contributed by atoms with E-state index in [9.17, 15) is 0 Å². The fourth-order valence-electron chi connectivity index (χ4n) is 1.85. The third-order valence-electron chi connectivity index (χ3n) is 2.84. The van der Waals surface area contributed by atoms with Crippen LogP contribution in [0.25, 0.3) is 0 Å². The molecule has 0 aliphatic heterocycles. The maximum Gasteiger partial charge on any atom is 0.193 e. The zero-order valence-corrected chi connectivity index (χ0v) is 13.8. The molecule has 3 N–H and O–H groups in total. The molecule has 0 radical (unpaired) electrons. The lowest BCUT2D eigenvalue weighted by molar-refractivity contribution is 0.483. The van der Waals surface area contributed by atoms with Crippen molar-refractivity contribution < 1.29 is 4.74 Å². The number of ether oxygens (including phenoxy) is 1. The van der Waals surface area contributed by atoms with Gasteiger partial charge in [-0.3, -0.25) is 4.99 Å². The molecule has 0 fully saturated rings. The first-order valence-corrected chi connectivity index (χ1v) is 8.52. The molecule has 0 unspecified atom stereocenters. The van der Waals surface area contributed by atoms with E-state index in [0.29, 0.717) is 12.5 Å². The average molecular weight is 327 g/mol. The maximum atomic E-state index is 5.89. The molecular weight excluding hydrogens is 306 g/mol. The number of para-hydroxylation sites is 1. The number of aliphatic imine (C=N–C) groups is 1. The standard InChI is InChI=1S/C18H21N3OS/c1-2-12-23-13-11-20-18(19)21-15-7-6-10-17(14-15)22-16-8-4-3-5-9-16/h2-10,14H,1,11-13H2,(H3,19,20,21). The molecule has 4 nitrogen and oxygen atoms in total. The van der Waals surface area contributed by atoms with Crippen molar-refractivity contribution >= 4 is 23.4 Å². The first-order chi connectivity index (χ1) is 11.3. The number of benzene rings is 2. The van der Waals surface area contributed by atoms with Crippen molar-refractivity contribution in [1.29, 1.82) is 0 Å². The smallest absolute Gasteiger partial charge is 0.193 e. The number of hydrogen-bond donors (Lipinski definition) is 2. The van der Waals surface area contributed by atoms with E-state index in [0.717, 1.165) is 28.7 Å². The topological polar surface area (TPSA) is 59.6 Å². The van der Waals surface area contributed by atoms with Crippen LogP contribution in [0.2, 0.25) is 0 Å². The normalized spacial score (nSPS) is 11.0. The molecule has 0 spiro atoms. The Hall–Kier alpha value is -2.40. The molecule has 0 bridgehead atoms. The van der Waals surface area contributed by atoms with E-state index in [4.69, 9.17) is 10.5 Å². The Morgan fingerprint density at radius 3 is 2.74 bits per heavy atom. The zero-order chi connectivity index (χ0) is 16.3. The third kappa shape index (κ3) is 6.48. The molecule has 0 aromatic heterocycles. The van der Waals surface area contributed by atoms with E-state index in [1.807, 2.05) is 60.7 Å². The Kier molecular flexibility index (Phi) is 7.07. The van der Waals surface area contributed by atoms with Gasteiger partial charge < -0.3 is 15.8 Å². The summed E-state index contributed by atoms with van der Waals surface area (Å²) in [6.07, 6.45) is 1.88. The quantitative estimate of drug-likeness (QED) is 0.331. The maximum absolute atomic E-state index is 5.89. The summed E-state index contributed by atoms with van der Waals surface area (Å²) in [5, 5.41) is 3.08. The summed E-state index contributed by atoms with van der Waals surface area (Å²) in [5.41, 5.74) is 6.74. The Labute approximate surface area is 141 Å². The molecule has 2 aromatic rings. The van der Waals surface area contributed by atoms with E-state index in [1.165, 1.54) is 0 Å². The number of anilines is 1. The van der Waals surface area contributed by atoms with Crippen LogP contribution >= 0.6 is 11.8 Å². The van der Waals surface area contributed by atoms with E-state index >= 15 is 0 Å². The first kappa shape index (κ1) is 17.0. The molecule has 2 aromatic carbocycles. The zero-order valence-electron chi connectivity index (χ0n) is 12.9. The number of nitrogens with one attached hydrogen (secondary N) is 1. The molecule has 23 heavy (non-hydrogen) atoms. The van der Waals surface area contributed by atoms with Crippen LogP contribution in [-0.4, -0.2) is 24.0 Å². The van der Waals surface area contributed by atoms with Gasteiger partial charge in [0.25, 0.3) is 0 Å². The third-order valence-corrected chi connectivity index (χ3v) is 3.78. The van der Waals surface area contributed by atoms with Crippen molar-refractivity contribution in [2.75, 3.05) is 23.4 Å². The highest BCUT2D eigenvalue weighted by Gasteiger charge is 2.00. The van der Waals surface area contributed by atoms with E-state index in [2.05, 4.69) is 16.9 Å². The van der Waals surface area contributed by atoms with E-state index in [1.54, 1.807) is 11.8 Å². The molecular formula is C18H21N3OS. The molecule has 0 saturated heterocycles. The van der Waals surface area contributed by atoms with Gasteiger partial charge in [0.05, 0.1) is 6.54 Å². The Morgan fingerprint density at radius 2 is 1.96 bits per heavy atom. The summed E-state index contributed by atoms with van der Waals surface area (Å²) in [6.45, 7) is 4.36. The van der Waals surface area contributed by atoms with Gasteiger partial charge >= 0.3 is 0 Å². The van der Waals surface area contributed by atoms with Crippen LogP contribution in [0.4, 0.5) is 5.69 Å². The molecule has 5 heteroatoms. The van der Waals surface area contributed by atoms with Gasteiger partial charge in [-0.05, 0) is 24.3 Å². The van der Waals surface area contributed by atoms with Crippen LogP contribution in [0.1, 0.15) is 0 Å². The van der Waals surface area contributed by atoms with Crippen molar-refractivity contribution in [3.63, 3.8) is 0 Å². The van der Waals surface area contributed by atoms with Gasteiger partial charge in [-0.25, -0.2) is 0 Å². The van der Waals surface area contributed by atoms with Crippen molar-refractivity contribution in [2.24, 2.45) is 10.7 Å². The van der Waals surface area contributed by atoms with Gasteiger partial charge in [0, 0.05) is 23.3 Å². The number of hydrogen-bond acceptors (Lipinski definition) is 3. The van der Waals surface area contributed by atoms with Crippen LogP contribution in [0.15, 0.2) is 72.2 Å². The minimum absolute atomic E-state index is 0.404. The highest BCUT2D eigenvalue weighted by Crippen LogP contribution is 2.23. The number of rotatable bonds is 8. The second-order valence-corrected chi connectivity index (χ2v) is 5.85. The number of thioether (sulfide) groups is 1. The largest absolute Gasteiger partial charge is 0.457 e. The van der Waals surface area contributed by atoms with Crippen LogP contribution in [0.5, 0.6) is 11.5 Å². The van der Waals surface area contributed by atoms with Gasteiger partial charge in [0.15, 0.2) is 5.96 Å². The number of nitrogens with two attached hydrogens (primary N) is 1. The lowest BCUT2D eigenvalue weighted by Gasteiger charge is -2.09. The Balaban J connectivity index is 1.89. The van der Waals surface area contributed by atoms with Gasteiger partial charge in [0.1, 0.15) is 11.5 Å². The minimum Gasteiger partial charge on any atom is -0.457 e. The van der Waals surface area contributed by atoms with Crippen molar-refractivity contribution in [2.45, 2.75) is 0 Å². The molecule has 120 valence electrons. The van der Waals surface area contributed by atoms with Crippen LogP contribution in [-0.2, 0) is 0 Å². The second kappa shape index (κ2) is 9.58. The average Bonchev–Trinajstić information content (AvgIpc) is 2.56. The predicted octanol–water partition coefficient (Wildman–Crippen LogP) is 4.12. The molecule has 0 aliphatic carbocycles. The second-order valence-electron chi connectivity index (χ2n) is 4.70. The van der Waals surface area contributed by atoms with Crippen LogP contribution < -0.4 is 15.8 Å². The predicted molar refractivity (Wildman–Crippen MR) is 101 cm³/mol. The monoisotopic (exact) mass is 327 g/mol. The van der Waals surface area contributed by atoms with Crippen molar-refractivity contribution in [3.05, 3.63) is 67.3 Å². The van der Waals surface area contributed by atoms with Crippen molar-refractivity contribution in [3.8, 4) is 11.5 Å². The highest BCUT2D eigenvalue weighted by atomic mass is 32.2. The van der Waals surface area contributed by atoms with E-state index in [-0.39, 0.29) is 0 Å². The van der Waals surface area contributed by atoms with E-state index < -0.39 is 0 Å². The molecule has 0 amide bonds. The molecule has 0 heterocycles. The van der Waals surface area contributed by atoms with Gasteiger partial charge in [0.2, 0.25) is 0 Å². The first-order valence-electron chi connectivity index (χ1n) is 7.36. The molecule has 0 atom stereocenters. The lowest BCUT2D eigenvalue weighted by Crippen LogP contribution is -2.23. The van der Waals surface area contributed by atoms with Crippen LogP contribution in [0, 0.1) is 0 Å². The summed E-state index contributed by atoms with van der Waals surface area (Å²) in [5.74, 6) is 3.80. The fourth-order valence-corrected chi connectivity index (χ4v) is 2.40. The summed E-state index contributed by atoms with van der Waals surface area (Å²) in [6, 6.07) is 17.3. The number of nitrogens with zero attached hydrogens (tertiary/aromatic N) is 1. The van der Waals surface area contributed by atoms with Gasteiger partial charge in [-0.2, -0.15) is 11.8 Å². The van der Waals surface area contributed by atoms with Crippen LogP contribution in [0.3, 0.4) is 0 Å². The van der Waals surface area contributed by atoms with Crippen molar-refractivity contribution in [1.82, 2.24) is 0 Å². The van der Waals surface area contributed by atoms with Gasteiger partial charge in [-0.15, -0.1) is 6.58 Å². The highest BCUT2D eigenvalue weighted by molar-refractivity contribution is 7.99. The summed E-state index contributed by atoms with van der Waals surface area (Å²) in [4.78, 5) is 4.29. The summed E-state index contributed by atoms with van der Waals surface area (Å²) >= 11 is 1.78. The molecule has 0 saturated carbocycles. The fraction of sp³-hybridized carbons (Fsp3) is 0.167. The SMILES string of the molecule is C=CCSCCN=C(N)Nc1cccc(Oc2ccccc2)c1. The lowest BCUT2D eigenvalue weighted by atomic mass is 10.3.